The van der Waals surface area contributed by atoms with E-state index in [4.69, 9.17) is 4.74 Å². The van der Waals surface area contributed by atoms with Crippen LogP contribution in [0.25, 0.3) is 0 Å². The number of fused-ring (bicyclic) bond motifs is 1. The first-order valence-corrected chi connectivity index (χ1v) is 7.82. The molecular weight excluding hydrogens is 250 g/mol. The average molecular weight is 275 g/mol. The van der Waals surface area contributed by atoms with E-state index in [-0.39, 0.29) is 0 Å². The molecule has 3 nitrogen and oxygen atoms in total. The second kappa shape index (κ2) is 5.74. The van der Waals surface area contributed by atoms with Crippen LogP contribution in [0.1, 0.15) is 43.7 Å². The molecule has 2 aliphatic rings. The molecule has 2 unspecified atom stereocenters. The summed E-state index contributed by atoms with van der Waals surface area (Å²) in [5.41, 5.74) is 2.09. The second-order valence-electron chi connectivity index (χ2n) is 6.57. The molecule has 1 aromatic carbocycles. The van der Waals surface area contributed by atoms with Crippen molar-refractivity contribution < 1.29 is 9.84 Å². The summed E-state index contributed by atoms with van der Waals surface area (Å²) in [7, 11) is 0. The minimum absolute atomic E-state index is 0.502. The van der Waals surface area contributed by atoms with Gasteiger partial charge in [0, 0.05) is 19.5 Å². The highest BCUT2D eigenvalue weighted by Gasteiger charge is 2.31. The minimum Gasteiger partial charge on any atom is -0.493 e. The van der Waals surface area contributed by atoms with Gasteiger partial charge >= 0.3 is 0 Å². The third-order valence-corrected chi connectivity index (χ3v) is 4.60. The Labute approximate surface area is 121 Å². The zero-order valence-corrected chi connectivity index (χ0v) is 12.3. The Morgan fingerprint density at radius 2 is 2.35 bits per heavy atom. The van der Waals surface area contributed by atoms with Crippen LogP contribution >= 0.6 is 0 Å². The van der Waals surface area contributed by atoms with Crippen molar-refractivity contribution in [3.8, 4) is 5.75 Å². The molecule has 2 atom stereocenters. The van der Waals surface area contributed by atoms with E-state index in [2.05, 4.69) is 30.4 Å². The van der Waals surface area contributed by atoms with Crippen molar-refractivity contribution in [3.63, 3.8) is 0 Å². The fraction of sp³-hybridized carbons (Fsp3) is 0.647. The van der Waals surface area contributed by atoms with E-state index in [0.29, 0.717) is 12.5 Å². The summed E-state index contributed by atoms with van der Waals surface area (Å²) in [6.07, 6.45) is 5.29. The minimum atomic E-state index is -0.502. The fourth-order valence-corrected chi connectivity index (χ4v) is 3.58. The van der Waals surface area contributed by atoms with Gasteiger partial charge in [0.2, 0.25) is 0 Å². The molecule has 1 heterocycles. The molecule has 3 rings (SSSR count). The molecule has 1 aromatic rings. The first-order chi connectivity index (χ1) is 9.65. The Bertz CT molecular complexity index is 474. The van der Waals surface area contributed by atoms with Gasteiger partial charge in [-0.05, 0) is 36.0 Å². The number of aliphatic hydroxyl groups is 1. The number of benzene rings is 1. The van der Waals surface area contributed by atoms with Crippen molar-refractivity contribution in [3.05, 3.63) is 29.3 Å². The van der Waals surface area contributed by atoms with Crippen molar-refractivity contribution in [2.75, 3.05) is 13.2 Å². The molecule has 0 amide bonds. The van der Waals surface area contributed by atoms with Gasteiger partial charge in [-0.3, -0.25) is 0 Å². The number of ether oxygens (including phenoxy) is 1. The number of hydrogen-bond acceptors (Lipinski definition) is 3. The highest BCUT2D eigenvalue weighted by atomic mass is 16.5. The molecule has 0 bridgehead atoms. The molecule has 1 aliphatic heterocycles. The summed E-state index contributed by atoms with van der Waals surface area (Å²) in [4.78, 5) is 0. The Kier molecular flexibility index (Phi) is 3.99. The molecule has 1 saturated carbocycles. The highest BCUT2D eigenvalue weighted by molar-refractivity contribution is 5.39. The molecule has 1 aliphatic carbocycles. The third-order valence-electron chi connectivity index (χ3n) is 4.60. The normalized spacial score (nSPS) is 29.0. The van der Waals surface area contributed by atoms with Crippen molar-refractivity contribution in [2.24, 2.45) is 5.92 Å². The van der Waals surface area contributed by atoms with E-state index < -0.39 is 5.60 Å². The molecule has 0 radical (unpaired) electrons. The molecule has 3 heteroatoms. The third kappa shape index (κ3) is 3.15. The van der Waals surface area contributed by atoms with Crippen molar-refractivity contribution in [1.82, 2.24) is 5.32 Å². The van der Waals surface area contributed by atoms with Crippen LogP contribution in [0, 0.1) is 5.92 Å². The Morgan fingerprint density at radius 3 is 3.20 bits per heavy atom. The van der Waals surface area contributed by atoms with E-state index in [1.54, 1.807) is 0 Å². The maximum Gasteiger partial charge on any atom is 0.122 e. The number of hydrogen-bond donors (Lipinski definition) is 2. The van der Waals surface area contributed by atoms with E-state index in [1.807, 2.05) is 0 Å². The van der Waals surface area contributed by atoms with E-state index in [0.717, 1.165) is 44.6 Å². The second-order valence-corrected chi connectivity index (χ2v) is 6.57. The van der Waals surface area contributed by atoms with Gasteiger partial charge in [0.15, 0.2) is 0 Å². The van der Waals surface area contributed by atoms with Crippen molar-refractivity contribution in [2.45, 2.75) is 51.2 Å². The number of nitrogens with one attached hydrogen (secondary N) is 1. The maximum atomic E-state index is 10.6. The largest absolute Gasteiger partial charge is 0.493 e. The first kappa shape index (κ1) is 13.9. The predicted octanol–water partition coefficient (Wildman–Crippen LogP) is 2.65. The van der Waals surface area contributed by atoms with Crippen LogP contribution in [-0.2, 0) is 13.0 Å². The summed E-state index contributed by atoms with van der Waals surface area (Å²) in [5, 5.41) is 14.0. The molecule has 0 saturated heterocycles. The standard InChI is InChI=1S/C17H25NO2/c1-13-3-2-7-17(19,10-13)12-18-11-14-4-5-16-15(9-14)6-8-20-16/h4-5,9,13,18-19H,2-3,6-8,10-12H2,1H3. The van der Waals surface area contributed by atoms with Crippen LogP contribution < -0.4 is 10.1 Å². The van der Waals surface area contributed by atoms with Crippen LogP contribution in [0.4, 0.5) is 0 Å². The molecule has 110 valence electrons. The maximum absolute atomic E-state index is 10.6. The van der Waals surface area contributed by atoms with Gasteiger partial charge in [-0.2, -0.15) is 0 Å². The van der Waals surface area contributed by atoms with Crippen molar-refractivity contribution >= 4 is 0 Å². The zero-order valence-electron chi connectivity index (χ0n) is 12.3. The number of rotatable bonds is 4. The van der Waals surface area contributed by atoms with Crippen LogP contribution in [0.5, 0.6) is 5.75 Å². The molecule has 20 heavy (non-hydrogen) atoms. The smallest absolute Gasteiger partial charge is 0.122 e. The molecule has 1 fully saturated rings. The monoisotopic (exact) mass is 275 g/mol. The summed E-state index contributed by atoms with van der Waals surface area (Å²) in [6, 6.07) is 6.41. The summed E-state index contributed by atoms with van der Waals surface area (Å²) >= 11 is 0. The van der Waals surface area contributed by atoms with Crippen LogP contribution in [0.2, 0.25) is 0 Å². The Hall–Kier alpha value is -1.06. The van der Waals surface area contributed by atoms with Gasteiger partial charge in [0.1, 0.15) is 5.75 Å². The molecule has 2 N–H and O–H groups in total. The zero-order chi connectivity index (χ0) is 14.0. The van der Waals surface area contributed by atoms with Crippen molar-refractivity contribution in [1.29, 1.82) is 0 Å². The molecule has 0 spiro atoms. The van der Waals surface area contributed by atoms with Crippen LogP contribution in [0.3, 0.4) is 0 Å². The Balaban J connectivity index is 1.52. The van der Waals surface area contributed by atoms with E-state index >= 15 is 0 Å². The van der Waals surface area contributed by atoms with Crippen LogP contribution in [-0.4, -0.2) is 23.9 Å². The highest BCUT2D eigenvalue weighted by Crippen LogP contribution is 2.31. The first-order valence-electron chi connectivity index (χ1n) is 7.82. The summed E-state index contributed by atoms with van der Waals surface area (Å²) < 4.78 is 5.52. The summed E-state index contributed by atoms with van der Waals surface area (Å²) in [5.74, 6) is 1.68. The lowest BCUT2D eigenvalue weighted by Gasteiger charge is -2.35. The topological polar surface area (TPSA) is 41.5 Å². The lowest BCUT2D eigenvalue weighted by Crippen LogP contribution is -2.43. The Morgan fingerprint density at radius 1 is 1.45 bits per heavy atom. The quantitative estimate of drug-likeness (QED) is 0.887. The van der Waals surface area contributed by atoms with E-state index in [1.165, 1.54) is 17.5 Å². The lowest BCUT2D eigenvalue weighted by atomic mass is 9.79. The van der Waals surface area contributed by atoms with Gasteiger partial charge < -0.3 is 15.2 Å². The molecular formula is C17H25NO2. The average Bonchev–Trinajstić information content (AvgIpc) is 2.85. The van der Waals surface area contributed by atoms with Gasteiger partial charge in [-0.15, -0.1) is 0 Å². The lowest BCUT2D eigenvalue weighted by molar-refractivity contribution is -0.0119. The summed E-state index contributed by atoms with van der Waals surface area (Å²) in [6.45, 7) is 4.57. The predicted molar refractivity (Wildman–Crippen MR) is 79.9 cm³/mol. The molecule has 0 aromatic heterocycles. The van der Waals surface area contributed by atoms with Crippen LogP contribution in [0.15, 0.2) is 18.2 Å². The SMILES string of the molecule is CC1CCCC(O)(CNCc2ccc3c(c2)CCO3)C1. The fourth-order valence-electron chi connectivity index (χ4n) is 3.58. The van der Waals surface area contributed by atoms with Gasteiger partial charge in [-0.25, -0.2) is 0 Å². The van der Waals surface area contributed by atoms with Gasteiger partial charge in [0.25, 0.3) is 0 Å². The van der Waals surface area contributed by atoms with Gasteiger partial charge in [0.05, 0.1) is 12.2 Å². The van der Waals surface area contributed by atoms with Gasteiger partial charge in [-0.1, -0.05) is 31.9 Å². The van der Waals surface area contributed by atoms with E-state index in [9.17, 15) is 5.11 Å².